The Bertz CT molecular complexity index is 677. The summed E-state index contributed by atoms with van der Waals surface area (Å²) in [5.74, 6) is 1.85. The summed E-state index contributed by atoms with van der Waals surface area (Å²) < 4.78 is 0. The molecule has 0 radical (unpaired) electrons. The van der Waals surface area contributed by atoms with Crippen LogP contribution in [-0.2, 0) is 4.79 Å². The van der Waals surface area contributed by atoms with Gasteiger partial charge in [-0.25, -0.2) is 0 Å². The first-order valence-electron chi connectivity index (χ1n) is 11.4. The van der Waals surface area contributed by atoms with E-state index in [2.05, 4.69) is 53.1 Å². The summed E-state index contributed by atoms with van der Waals surface area (Å²) in [6, 6.07) is 11.1. The van der Waals surface area contributed by atoms with Gasteiger partial charge in [-0.05, 0) is 50.0 Å². The van der Waals surface area contributed by atoms with Gasteiger partial charge in [-0.3, -0.25) is 9.69 Å². The molecule has 0 bridgehead atoms. The Morgan fingerprint density at radius 2 is 1.86 bits per heavy atom. The lowest BCUT2D eigenvalue weighted by Crippen LogP contribution is -2.57. The highest BCUT2D eigenvalue weighted by molar-refractivity contribution is 5.77. The molecule has 2 saturated heterocycles. The van der Waals surface area contributed by atoms with E-state index in [1.54, 1.807) is 0 Å². The van der Waals surface area contributed by atoms with Crippen molar-refractivity contribution >= 4 is 12.0 Å². The monoisotopic (exact) mass is 380 g/mol. The molecule has 1 amide bonds. The molecule has 1 aliphatic carbocycles. The third-order valence-corrected chi connectivity index (χ3v) is 7.09. The van der Waals surface area contributed by atoms with Gasteiger partial charge < -0.3 is 4.90 Å². The first kappa shape index (κ1) is 19.7. The van der Waals surface area contributed by atoms with Crippen molar-refractivity contribution in [2.75, 3.05) is 26.2 Å². The van der Waals surface area contributed by atoms with E-state index in [9.17, 15) is 4.79 Å². The summed E-state index contributed by atoms with van der Waals surface area (Å²) in [7, 11) is 0. The van der Waals surface area contributed by atoms with Crippen LogP contribution in [0.3, 0.4) is 0 Å². The van der Waals surface area contributed by atoms with Crippen molar-refractivity contribution in [2.24, 2.45) is 11.8 Å². The number of hydrogen-bond acceptors (Lipinski definition) is 2. The van der Waals surface area contributed by atoms with Gasteiger partial charge in [-0.15, -0.1) is 0 Å². The minimum Gasteiger partial charge on any atom is -0.339 e. The molecule has 3 fully saturated rings. The summed E-state index contributed by atoms with van der Waals surface area (Å²) in [6.07, 6.45) is 12.1. The first-order valence-corrected chi connectivity index (χ1v) is 11.4. The van der Waals surface area contributed by atoms with Crippen molar-refractivity contribution in [1.82, 2.24) is 9.80 Å². The third kappa shape index (κ3) is 4.86. The average molecular weight is 381 g/mol. The van der Waals surface area contributed by atoms with Crippen molar-refractivity contribution in [1.29, 1.82) is 0 Å². The van der Waals surface area contributed by atoms with Crippen molar-refractivity contribution in [3.8, 4) is 0 Å². The van der Waals surface area contributed by atoms with Crippen LogP contribution in [0.15, 0.2) is 35.9 Å². The molecule has 152 valence electrons. The lowest BCUT2D eigenvalue weighted by atomic mass is 9.81. The SMILES string of the molecule is CC(=Cc1ccccc1)CN1CC[C@H]2[C@H](CCC(=O)N2CC2CCCCC2)C1. The molecule has 1 aromatic rings. The Kier molecular flexibility index (Phi) is 6.51. The maximum atomic E-state index is 12.7. The maximum absolute atomic E-state index is 12.7. The van der Waals surface area contributed by atoms with Gasteiger partial charge in [0.2, 0.25) is 5.91 Å². The number of carbonyl (C=O) groups is 1. The zero-order chi connectivity index (χ0) is 19.3. The van der Waals surface area contributed by atoms with E-state index >= 15 is 0 Å². The number of benzene rings is 1. The van der Waals surface area contributed by atoms with Crippen LogP contribution in [0.25, 0.3) is 6.08 Å². The molecule has 2 heterocycles. The van der Waals surface area contributed by atoms with Crippen molar-refractivity contribution < 1.29 is 4.79 Å². The predicted octanol–water partition coefficient (Wildman–Crippen LogP) is 4.98. The number of likely N-dealkylation sites (tertiary alicyclic amines) is 2. The summed E-state index contributed by atoms with van der Waals surface area (Å²) in [6.45, 7) is 6.61. The van der Waals surface area contributed by atoms with E-state index in [4.69, 9.17) is 0 Å². The largest absolute Gasteiger partial charge is 0.339 e. The lowest BCUT2D eigenvalue weighted by molar-refractivity contribution is -0.142. The highest BCUT2D eigenvalue weighted by Gasteiger charge is 2.39. The normalized spacial score (nSPS) is 27.7. The summed E-state index contributed by atoms with van der Waals surface area (Å²) in [4.78, 5) is 17.6. The molecule has 0 spiro atoms. The molecular weight excluding hydrogens is 344 g/mol. The third-order valence-electron chi connectivity index (χ3n) is 7.09. The van der Waals surface area contributed by atoms with Gasteiger partial charge in [0.05, 0.1) is 0 Å². The zero-order valence-electron chi connectivity index (χ0n) is 17.5. The summed E-state index contributed by atoms with van der Waals surface area (Å²) in [5, 5.41) is 0. The molecule has 0 aromatic heterocycles. The predicted molar refractivity (Wildman–Crippen MR) is 116 cm³/mol. The zero-order valence-corrected chi connectivity index (χ0v) is 17.5. The Hall–Kier alpha value is -1.61. The van der Waals surface area contributed by atoms with Crippen molar-refractivity contribution in [2.45, 2.75) is 64.3 Å². The number of amides is 1. The van der Waals surface area contributed by atoms with Crippen LogP contribution in [0.1, 0.15) is 63.9 Å². The second kappa shape index (κ2) is 9.26. The first-order chi connectivity index (χ1) is 13.7. The molecule has 2 atom stereocenters. The van der Waals surface area contributed by atoms with E-state index in [0.29, 0.717) is 17.9 Å². The fourth-order valence-corrected chi connectivity index (χ4v) is 5.69. The number of carbonyl (C=O) groups excluding carboxylic acids is 1. The lowest BCUT2D eigenvalue weighted by Gasteiger charge is -2.48. The summed E-state index contributed by atoms with van der Waals surface area (Å²) >= 11 is 0. The molecule has 4 rings (SSSR count). The Morgan fingerprint density at radius 3 is 2.64 bits per heavy atom. The number of hydrogen-bond donors (Lipinski definition) is 0. The Morgan fingerprint density at radius 1 is 1.07 bits per heavy atom. The molecule has 3 heteroatoms. The average Bonchev–Trinajstić information content (AvgIpc) is 2.71. The highest BCUT2D eigenvalue weighted by Crippen LogP contribution is 2.34. The molecule has 0 N–H and O–H groups in total. The standard InChI is InChI=1S/C25H36N2O/c1-20(16-21-8-4-2-5-9-21)17-26-15-14-24-23(19-26)12-13-25(28)27(24)18-22-10-6-3-7-11-22/h2,4-5,8-9,16,22-24H,3,6-7,10-15,17-19H2,1H3/t23-,24+/m1/s1. The molecule has 28 heavy (non-hydrogen) atoms. The number of fused-ring (bicyclic) bond motifs is 1. The molecule has 1 saturated carbocycles. The van der Waals surface area contributed by atoms with Crippen LogP contribution < -0.4 is 0 Å². The molecule has 3 aliphatic rings. The van der Waals surface area contributed by atoms with Crippen molar-refractivity contribution in [3.05, 3.63) is 41.5 Å². The van der Waals surface area contributed by atoms with E-state index in [1.165, 1.54) is 43.2 Å². The van der Waals surface area contributed by atoms with E-state index in [1.807, 2.05) is 0 Å². The van der Waals surface area contributed by atoms with Gasteiger partial charge in [0.15, 0.2) is 0 Å². The van der Waals surface area contributed by atoms with Gasteiger partial charge in [0, 0.05) is 38.6 Å². The van der Waals surface area contributed by atoms with Crippen LogP contribution >= 0.6 is 0 Å². The highest BCUT2D eigenvalue weighted by atomic mass is 16.2. The van der Waals surface area contributed by atoms with Crippen LogP contribution in [0.5, 0.6) is 0 Å². The molecule has 3 nitrogen and oxygen atoms in total. The minimum atomic E-state index is 0.431. The fourth-order valence-electron chi connectivity index (χ4n) is 5.69. The molecule has 0 unspecified atom stereocenters. The number of nitrogens with zero attached hydrogens (tertiary/aromatic N) is 2. The summed E-state index contributed by atoms with van der Waals surface area (Å²) in [5.41, 5.74) is 2.72. The molecule has 2 aliphatic heterocycles. The van der Waals surface area contributed by atoms with E-state index in [0.717, 1.165) is 51.4 Å². The molecule has 1 aromatic carbocycles. The topological polar surface area (TPSA) is 23.6 Å². The Balaban J connectivity index is 1.34. The van der Waals surface area contributed by atoms with Gasteiger partial charge >= 0.3 is 0 Å². The number of rotatable bonds is 5. The second-order valence-corrected chi connectivity index (χ2v) is 9.34. The number of piperidine rings is 2. The van der Waals surface area contributed by atoms with Gasteiger partial charge in [0.25, 0.3) is 0 Å². The van der Waals surface area contributed by atoms with Crippen LogP contribution in [0, 0.1) is 11.8 Å². The van der Waals surface area contributed by atoms with Gasteiger partial charge in [0.1, 0.15) is 0 Å². The maximum Gasteiger partial charge on any atom is 0.222 e. The van der Waals surface area contributed by atoms with E-state index in [-0.39, 0.29) is 0 Å². The smallest absolute Gasteiger partial charge is 0.222 e. The second-order valence-electron chi connectivity index (χ2n) is 9.34. The van der Waals surface area contributed by atoms with Gasteiger partial charge in [-0.1, -0.05) is 61.2 Å². The molecular formula is C25H36N2O. The van der Waals surface area contributed by atoms with E-state index < -0.39 is 0 Å². The fraction of sp³-hybridized carbons (Fsp3) is 0.640. The van der Waals surface area contributed by atoms with Crippen LogP contribution in [0.2, 0.25) is 0 Å². The quantitative estimate of drug-likeness (QED) is 0.719. The van der Waals surface area contributed by atoms with Crippen molar-refractivity contribution in [3.63, 3.8) is 0 Å². The van der Waals surface area contributed by atoms with Crippen LogP contribution in [0.4, 0.5) is 0 Å². The van der Waals surface area contributed by atoms with Crippen LogP contribution in [-0.4, -0.2) is 47.9 Å². The van der Waals surface area contributed by atoms with Gasteiger partial charge in [-0.2, -0.15) is 0 Å². The minimum absolute atomic E-state index is 0.431. The Labute approximate surface area is 170 Å².